The van der Waals surface area contributed by atoms with Gasteiger partial charge in [0, 0.05) is 26.2 Å². The zero-order valence-corrected chi connectivity index (χ0v) is 14.5. The van der Waals surface area contributed by atoms with Crippen molar-refractivity contribution in [2.24, 2.45) is 5.92 Å². The quantitative estimate of drug-likeness (QED) is 0.838. The van der Waals surface area contributed by atoms with Crippen LogP contribution in [0.25, 0.3) is 0 Å². The Morgan fingerprint density at radius 2 is 2.12 bits per heavy atom. The third-order valence-corrected chi connectivity index (χ3v) is 4.08. The van der Waals surface area contributed by atoms with E-state index in [-0.39, 0.29) is 17.9 Å². The molecule has 1 aliphatic heterocycles. The molecule has 2 rings (SSSR count). The lowest BCUT2D eigenvalue weighted by Crippen LogP contribution is -2.48. The molecule has 1 saturated heterocycles. The third kappa shape index (κ3) is 5.15. The summed E-state index contributed by atoms with van der Waals surface area (Å²) in [5.41, 5.74) is 0.992. The zero-order chi connectivity index (χ0) is 17.4. The zero-order valence-electron chi connectivity index (χ0n) is 14.5. The van der Waals surface area contributed by atoms with Crippen LogP contribution in [0.5, 0.6) is 5.75 Å². The molecule has 1 aliphatic rings. The normalized spacial score (nSPS) is 17.2. The van der Waals surface area contributed by atoms with Gasteiger partial charge in [-0.2, -0.15) is 0 Å². The maximum atomic E-state index is 12.4. The highest BCUT2D eigenvalue weighted by molar-refractivity contribution is 5.80. The molecular weight excluding hydrogens is 306 g/mol. The van der Waals surface area contributed by atoms with Crippen LogP contribution in [0.15, 0.2) is 24.3 Å². The van der Waals surface area contributed by atoms with E-state index >= 15 is 0 Å². The monoisotopic (exact) mass is 333 g/mol. The molecule has 1 atom stereocenters. The summed E-state index contributed by atoms with van der Waals surface area (Å²) in [7, 11) is 0. The molecular formula is C18H27N3O3. The van der Waals surface area contributed by atoms with Gasteiger partial charge < -0.3 is 20.3 Å². The van der Waals surface area contributed by atoms with Crippen molar-refractivity contribution in [3.05, 3.63) is 29.8 Å². The van der Waals surface area contributed by atoms with E-state index in [1.165, 1.54) is 0 Å². The molecule has 0 saturated carbocycles. The summed E-state index contributed by atoms with van der Waals surface area (Å²) in [6.07, 6.45) is 1.70. The molecule has 0 spiro atoms. The molecule has 2 N–H and O–H groups in total. The topological polar surface area (TPSA) is 70.7 Å². The highest BCUT2D eigenvalue weighted by Crippen LogP contribution is 2.17. The van der Waals surface area contributed by atoms with Gasteiger partial charge in [0.1, 0.15) is 5.75 Å². The van der Waals surface area contributed by atoms with Gasteiger partial charge in [-0.3, -0.25) is 4.79 Å². The van der Waals surface area contributed by atoms with Crippen molar-refractivity contribution < 1.29 is 14.3 Å². The predicted molar refractivity (Wildman–Crippen MR) is 92.8 cm³/mol. The van der Waals surface area contributed by atoms with Crippen molar-refractivity contribution in [3.63, 3.8) is 0 Å². The van der Waals surface area contributed by atoms with E-state index in [1.807, 2.05) is 38.1 Å². The number of hydrogen-bond acceptors (Lipinski definition) is 3. The van der Waals surface area contributed by atoms with Crippen LogP contribution in [-0.4, -0.2) is 43.1 Å². The molecule has 1 unspecified atom stereocenters. The lowest BCUT2D eigenvalue weighted by atomic mass is 9.97. The van der Waals surface area contributed by atoms with E-state index in [2.05, 4.69) is 10.6 Å². The maximum absolute atomic E-state index is 12.4. The molecule has 1 aromatic carbocycles. The summed E-state index contributed by atoms with van der Waals surface area (Å²) >= 11 is 0. The first kappa shape index (κ1) is 18.1. The van der Waals surface area contributed by atoms with Gasteiger partial charge >= 0.3 is 6.03 Å². The van der Waals surface area contributed by atoms with Crippen LogP contribution in [0.1, 0.15) is 32.3 Å². The first-order valence-electron chi connectivity index (χ1n) is 8.66. The molecule has 1 aromatic rings. The van der Waals surface area contributed by atoms with Gasteiger partial charge in [-0.25, -0.2) is 4.79 Å². The molecule has 24 heavy (non-hydrogen) atoms. The molecule has 0 bridgehead atoms. The molecule has 0 radical (unpaired) electrons. The minimum atomic E-state index is -0.120. The fraction of sp³-hybridized carbons (Fsp3) is 0.556. The van der Waals surface area contributed by atoms with Crippen molar-refractivity contribution >= 4 is 11.9 Å². The number of urea groups is 1. The third-order valence-electron chi connectivity index (χ3n) is 4.08. The summed E-state index contributed by atoms with van der Waals surface area (Å²) in [5.74, 6) is 0.740. The van der Waals surface area contributed by atoms with Crippen LogP contribution in [-0.2, 0) is 11.3 Å². The number of ether oxygens (including phenoxy) is 1. The minimum absolute atomic E-state index is 0.0411. The number of likely N-dealkylation sites (tertiary alicyclic amines) is 1. The fourth-order valence-corrected chi connectivity index (χ4v) is 2.90. The Balaban J connectivity index is 1.85. The second kappa shape index (κ2) is 9.15. The average molecular weight is 333 g/mol. The van der Waals surface area contributed by atoms with Crippen LogP contribution < -0.4 is 15.4 Å². The number of rotatable bonds is 6. The number of carbonyl (C=O) groups is 2. The maximum Gasteiger partial charge on any atom is 0.317 e. The number of nitrogens with one attached hydrogen (secondary N) is 2. The number of hydrogen-bond donors (Lipinski definition) is 2. The van der Waals surface area contributed by atoms with E-state index in [0.29, 0.717) is 32.8 Å². The highest BCUT2D eigenvalue weighted by Gasteiger charge is 2.27. The smallest absolute Gasteiger partial charge is 0.317 e. The predicted octanol–water partition coefficient (Wildman–Crippen LogP) is 2.14. The average Bonchev–Trinajstić information content (AvgIpc) is 2.60. The largest absolute Gasteiger partial charge is 0.494 e. The number of benzene rings is 1. The Kier molecular flexibility index (Phi) is 6.90. The summed E-state index contributed by atoms with van der Waals surface area (Å²) in [4.78, 5) is 26.1. The number of nitrogens with zero attached hydrogens (tertiary/aromatic N) is 1. The number of amides is 3. The van der Waals surface area contributed by atoms with Gasteiger partial charge in [-0.15, -0.1) is 0 Å². The molecule has 6 heteroatoms. The summed E-state index contributed by atoms with van der Waals surface area (Å²) in [6.45, 7) is 6.71. The Bertz CT molecular complexity index is 562. The molecule has 0 aliphatic carbocycles. The van der Waals surface area contributed by atoms with Gasteiger partial charge in [0.15, 0.2) is 0 Å². The van der Waals surface area contributed by atoms with E-state index in [0.717, 1.165) is 24.2 Å². The van der Waals surface area contributed by atoms with Crippen molar-refractivity contribution in [2.75, 3.05) is 26.2 Å². The Hall–Kier alpha value is -2.24. The lowest BCUT2D eigenvalue weighted by Gasteiger charge is -2.32. The Morgan fingerprint density at radius 3 is 2.88 bits per heavy atom. The number of piperidine rings is 1. The molecule has 3 amide bonds. The fourth-order valence-electron chi connectivity index (χ4n) is 2.90. The van der Waals surface area contributed by atoms with E-state index in [4.69, 9.17) is 4.74 Å². The second-order valence-electron chi connectivity index (χ2n) is 5.92. The van der Waals surface area contributed by atoms with Gasteiger partial charge in [-0.1, -0.05) is 12.1 Å². The Labute approximate surface area is 143 Å². The van der Waals surface area contributed by atoms with Crippen LogP contribution >= 0.6 is 0 Å². The first-order chi connectivity index (χ1) is 11.6. The van der Waals surface area contributed by atoms with Crippen molar-refractivity contribution in [1.29, 1.82) is 0 Å². The van der Waals surface area contributed by atoms with Crippen LogP contribution in [0, 0.1) is 5.92 Å². The van der Waals surface area contributed by atoms with Gasteiger partial charge in [0.05, 0.1) is 12.5 Å². The summed E-state index contributed by atoms with van der Waals surface area (Å²) in [6, 6.07) is 7.58. The molecule has 6 nitrogen and oxygen atoms in total. The molecule has 1 fully saturated rings. The molecule has 1 heterocycles. The van der Waals surface area contributed by atoms with Gasteiger partial charge in [-0.05, 0) is 44.4 Å². The first-order valence-corrected chi connectivity index (χ1v) is 8.66. The van der Waals surface area contributed by atoms with Crippen molar-refractivity contribution in [2.45, 2.75) is 33.2 Å². The van der Waals surface area contributed by atoms with E-state index < -0.39 is 0 Å². The van der Waals surface area contributed by atoms with Crippen molar-refractivity contribution in [1.82, 2.24) is 15.5 Å². The van der Waals surface area contributed by atoms with Gasteiger partial charge in [0.25, 0.3) is 0 Å². The standard InChI is InChI=1S/C18H27N3O3/c1-3-19-17(22)15-8-6-10-21(13-15)18(23)20-12-14-7-5-9-16(11-14)24-4-2/h5,7,9,11,15H,3-4,6,8,10,12-13H2,1-2H3,(H,19,22)(H,20,23). The summed E-state index contributed by atoms with van der Waals surface area (Å²) < 4.78 is 5.47. The minimum Gasteiger partial charge on any atom is -0.494 e. The van der Waals surface area contributed by atoms with Crippen LogP contribution in [0.2, 0.25) is 0 Å². The molecule has 132 valence electrons. The number of carbonyl (C=O) groups excluding carboxylic acids is 2. The summed E-state index contributed by atoms with van der Waals surface area (Å²) in [5, 5.41) is 5.77. The van der Waals surface area contributed by atoms with E-state index in [9.17, 15) is 9.59 Å². The lowest BCUT2D eigenvalue weighted by molar-refractivity contribution is -0.126. The van der Waals surface area contributed by atoms with Crippen LogP contribution in [0.4, 0.5) is 4.79 Å². The second-order valence-corrected chi connectivity index (χ2v) is 5.92. The van der Waals surface area contributed by atoms with Crippen molar-refractivity contribution in [3.8, 4) is 5.75 Å². The highest BCUT2D eigenvalue weighted by atomic mass is 16.5. The van der Waals surface area contributed by atoms with Gasteiger partial charge in [0.2, 0.25) is 5.91 Å². The Morgan fingerprint density at radius 1 is 1.29 bits per heavy atom. The van der Waals surface area contributed by atoms with E-state index in [1.54, 1.807) is 4.90 Å². The van der Waals surface area contributed by atoms with Crippen LogP contribution in [0.3, 0.4) is 0 Å². The SMILES string of the molecule is CCNC(=O)C1CCCN(C(=O)NCc2cccc(OCC)c2)C1. The molecule has 0 aromatic heterocycles.